The fourth-order valence-corrected chi connectivity index (χ4v) is 2.49. The van der Waals surface area contributed by atoms with Crippen molar-refractivity contribution in [3.63, 3.8) is 0 Å². The van der Waals surface area contributed by atoms with Crippen molar-refractivity contribution in [3.05, 3.63) is 59.6 Å². The molecular weight excluding hydrogens is 356 g/mol. The van der Waals surface area contributed by atoms with Crippen LogP contribution in [0, 0.1) is 17.6 Å². The number of amidine groups is 1. The van der Waals surface area contributed by atoms with Crippen LogP contribution in [0.4, 0.5) is 8.78 Å². The molecule has 27 heavy (non-hydrogen) atoms. The average molecular weight is 375 g/mol. The molecule has 0 spiro atoms. The number of rotatable bonds is 5. The maximum atomic E-state index is 13.4. The summed E-state index contributed by atoms with van der Waals surface area (Å²) < 4.78 is 33.0. The molecule has 2 heterocycles. The minimum absolute atomic E-state index is 0.0100. The zero-order valence-corrected chi connectivity index (χ0v) is 14.6. The van der Waals surface area contributed by atoms with Crippen LogP contribution in [0.15, 0.2) is 47.4 Å². The minimum atomic E-state index is -0.718. The number of nitrogens with zero attached hydrogens (tertiary/aromatic N) is 3. The second kappa shape index (κ2) is 7.67. The topological polar surface area (TPSA) is 109 Å². The van der Waals surface area contributed by atoms with Crippen molar-refractivity contribution in [2.45, 2.75) is 12.8 Å². The first-order valence-corrected chi connectivity index (χ1v) is 8.27. The third kappa shape index (κ3) is 4.37. The van der Waals surface area contributed by atoms with Gasteiger partial charge in [-0.1, -0.05) is 0 Å². The number of ether oxygens (including phenoxy) is 1. The van der Waals surface area contributed by atoms with Crippen LogP contribution >= 0.6 is 0 Å². The van der Waals surface area contributed by atoms with E-state index in [9.17, 15) is 13.6 Å². The van der Waals surface area contributed by atoms with Crippen LogP contribution in [-0.2, 0) is 9.53 Å². The molecule has 1 aliphatic heterocycles. The van der Waals surface area contributed by atoms with Crippen LogP contribution < -0.4 is 11.5 Å². The van der Waals surface area contributed by atoms with E-state index in [0.717, 1.165) is 18.2 Å². The smallest absolute Gasteiger partial charge is 0.254 e. The highest BCUT2D eigenvalue weighted by Crippen LogP contribution is 2.20. The van der Waals surface area contributed by atoms with Gasteiger partial charge in [-0.05, 0) is 25.1 Å². The first-order chi connectivity index (χ1) is 12.8. The molecule has 2 aromatic rings. The Morgan fingerprint density at radius 2 is 2.00 bits per heavy atom. The molecule has 1 aromatic carbocycles. The summed E-state index contributed by atoms with van der Waals surface area (Å²) in [5.74, 6) is -2.45. The summed E-state index contributed by atoms with van der Waals surface area (Å²) in [6.07, 6.45) is 4.40. The summed E-state index contributed by atoms with van der Waals surface area (Å²) in [6, 6.07) is 3.05. The second-order valence-electron chi connectivity index (χ2n) is 6.32. The predicted molar refractivity (Wildman–Crippen MR) is 95.1 cm³/mol. The fourth-order valence-electron chi connectivity index (χ4n) is 2.49. The van der Waals surface area contributed by atoms with Crippen LogP contribution in [-0.4, -0.2) is 34.7 Å². The molecule has 1 saturated heterocycles. The zero-order valence-electron chi connectivity index (χ0n) is 14.6. The molecule has 0 aliphatic carbocycles. The lowest BCUT2D eigenvalue weighted by Crippen LogP contribution is -2.33. The van der Waals surface area contributed by atoms with Crippen molar-refractivity contribution in [1.29, 1.82) is 0 Å². The van der Waals surface area contributed by atoms with Gasteiger partial charge in [0, 0.05) is 29.4 Å². The van der Waals surface area contributed by atoms with E-state index in [1.807, 2.05) is 0 Å². The van der Waals surface area contributed by atoms with E-state index in [-0.39, 0.29) is 17.4 Å². The van der Waals surface area contributed by atoms with Crippen molar-refractivity contribution >= 4 is 11.7 Å². The molecule has 1 unspecified atom stereocenters. The lowest BCUT2D eigenvalue weighted by Gasteiger charge is -2.26. The highest BCUT2D eigenvalue weighted by atomic mass is 19.1. The number of aromatic nitrogens is 2. The molecule has 1 aliphatic rings. The lowest BCUT2D eigenvalue weighted by atomic mass is 10.0. The SMILES string of the molecule is CC(C(=O)N=C(N)/C=C(\N)C1COC1)c1cnn(-c2cc(F)cc(F)c2)c1. The molecule has 7 nitrogen and oxygen atoms in total. The standard InChI is InChI=1S/C18H19F2N5O2/c1-10(18(26)24-17(22)5-16(21)12-8-27-9-12)11-6-23-25(7-11)15-3-13(19)2-14(20)4-15/h2-7,10,12H,8-9,21H2,1H3,(H2,22,24,26)/b16-5-. The van der Waals surface area contributed by atoms with E-state index >= 15 is 0 Å². The highest BCUT2D eigenvalue weighted by molar-refractivity contribution is 6.02. The van der Waals surface area contributed by atoms with Gasteiger partial charge < -0.3 is 16.2 Å². The summed E-state index contributed by atoms with van der Waals surface area (Å²) in [6.45, 7) is 2.69. The van der Waals surface area contributed by atoms with Gasteiger partial charge in [0.15, 0.2) is 0 Å². The van der Waals surface area contributed by atoms with Crippen molar-refractivity contribution in [3.8, 4) is 5.69 Å². The van der Waals surface area contributed by atoms with Crippen LogP contribution in [0.2, 0.25) is 0 Å². The van der Waals surface area contributed by atoms with Gasteiger partial charge in [0.2, 0.25) is 0 Å². The molecule has 1 atom stereocenters. The Bertz CT molecular complexity index is 898. The van der Waals surface area contributed by atoms with Crippen LogP contribution in [0.5, 0.6) is 0 Å². The van der Waals surface area contributed by atoms with Crippen LogP contribution in [0.1, 0.15) is 18.4 Å². The normalized spacial score (nSPS) is 16.9. The fraction of sp³-hybridized carbons (Fsp3) is 0.278. The second-order valence-corrected chi connectivity index (χ2v) is 6.32. The quantitative estimate of drug-likeness (QED) is 0.610. The number of hydrogen-bond donors (Lipinski definition) is 2. The summed E-state index contributed by atoms with van der Waals surface area (Å²) in [4.78, 5) is 16.2. The summed E-state index contributed by atoms with van der Waals surface area (Å²) >= 11 is 0. The molecular formula is C18H19F2N5O2. The van der Waals surface area contributed by atoms with Crippen LogP contribution in [0.3, 0.4) is 0 Å². The summed E-state index contributed by atoms with van der Waals surface area (Å²) in [5.41, 5.74) is 12.9. The molecule has 1 aromatic heterocycles. The summed E-state index contributed by atoms with van der Waals surface area (Å²) in [5, 5.41) is 4.05. The summed E-state index contributed by atoms with van der Waals surface area (Å²) in [7, 11) is 0. The number of benzene rings is 1. The van der Waals surface area contributed by atoms with E-state index in [2.05, 4.69) is 10.1 Å². The number of aliphatic imine (C=N–C) groups is 1. The van der Waals surface area contributed by atoms with E-state index in [4.69, 9.17) is 16.2 Å². The van der Waals surface area contributed by atoms with Crippen molar-refractivity contribution < 1.29 is 18.3 Å². The van der Waals surface area contributed by atoms with Crippen molar-refractivity contribution in [1.82, 2.24) is 9.78 Å². The zero-order chi connectivity index (χ0) is 19.6. The Kier molecular flexibility index (Phi) is 5.31. The van der Waals surface area contributed by atoms with E-state index in [0.29, 0.717) is 24.5 Å². The number of halogens is 2. The lowest BCUT2D eigenvalue weighted by molar-refractivity contribution is -0.118. The van der Waals surface area contributed by atoms with Gasteiger partial charge >= 0.3 is 0 Å². The van der Waals surface area contributed by atoms with Gasteiger partial charge in [-0.2, -0.15) is 10.1 Å². The van der Waals surface area contributed by atoms with Gasteiger partial charge in [0.05, 0.1) is 31.0 Å². The third-order valence-corrected chi connectivity index (χ3v) is 4.25. The first kappa shape index (κ1) is 18.7. The number of hydrogen-bond acceptors (Lipinski definition) is 4. The van der Waals surface area contributed by atoms with Gasteiger partial charge in [0.25, 0.3) is 5.91 Å². The Hall–Kier alpha value is -3.07. The number of carbonyl (C=O) groups excluding carboxylic acids is 1. The van der Waals surface area contributed by atoms with Gasteiger partial charge in [-0.25, -0.2) is 13.5 Å². The Morgan fingerprint density at radius 3 is 2.59 bits per heavy atom. The average Bonchev–Trinajstić information content (AvgIpc) is 3.01. The molecule has 0 saturated carbocycles. The molecule has 4 N–H and O–H groups in total. The number of nitrogens with two attached hydrogens (primary N) is 2. The van der Waals surface area contributed by atoms with Crippen molar-refractivity contribution in [2.24, 2.45) is 22.4 Å². The van der Waals surface area contributed by atoms with Gasteiger partial charge in [-0.3, -0.25) is 4.79 Å². The van der Waals surface area contributed by atoms with Gasteiger partial charge in [0.1, 0.15) is 17.5 Å². The Morgan fingerprint density at radius 1 is 1.33 bits per heavy atom. The molecule has 142 valence electrons. The monoisotopic (exact) mass is 375 g/mol. The van der Waals surface area contributed by atoms with Crippen LogP contribution in [0.25, 0.3) is 5.69 Å². The Labute approximate surface area is 154 Å². The maximum absolute atomic E-state index is 13.4. The van der Waals surface area contributed by atoms with Gasteiger partial charge in [-0.15, -0.1) is 0 Å². The first-order valence-electron chi connectivity index (χ1n) is 8.27. The van der Waals surface area contributed by atoms with E-state index < -0.39 is 23.5 Å². The third-order valence-electron chi connectivity index (χ3n) is 4.25. The van der Waals surface area contributed by atoms with E-state index in [1.54, 1.807) is 6.92 Å². The van der Waals surface area contributed by atoms with E-state index in [1.165, 1.54) is 23.2 Å². The predicted octanol–water partition coefficient (Wildman–Crippen LogP) is 1.63. The molecule has 9 heteroatoms. The molecule has 0 radical (unpaired) electrons. The molecule has 0 bridgehead atoms. The highest BCUT2D eigenvalue weighted by Gasteiger charge is 2.21. The molecule has 1 fully saturated rings. The maximum Gasteiger partial charge on any atom is 0.254 e. The molecule has 1 amide bonds. The molecule has 3 rings (SSSR count). The number of amides is 1. The minimum Gasteiger partial charge on any atom is -0.402 e. The number of carbonyl (C=O) groups is 1. The Balaban J connectivity index is 1.73. The largest absolute Gasteiger partial charge is 0.402 e. The van der Waals surface area contributed by atoms with Crippen molar-refractivity contribution in [2.75, 3.05) is 13.2 Å².